The maximum atomic E-state index is 11.8. The predicted molar refractivity (Wildman–Crippen MR) is 56.4 cm³/mol. The Morgan fingerprint density at radius 1 is 1.19 bits per heavy atom. The van der Waals surface area contributed by atoms with E-state index in [1.54, 1.807) is 6.92 Å². The summed E-state index contributed by atoms with van der Waals surface area (Å²) in [6.45, 7) is 2.12. The number of esters is 2. The van der Waals surface area contributed by atoms with Crippen LogP contribution in [0.15, 0.2) is 12.2 Å². The first-order valence-corrected chi connectivity index (χ1v) is 5.61. The van der Waals surface area contributed by atoms with Gasteiger partial charge in [0.2, 0.25) is 0 Å². The van der Waals surface area contributed by atoms with E-state index in [2.05, 4.69) is 0 Å². The topological polar surface area (TPSA) is 52.6 Å². The third kappa shape index (κ3) is 1.62. The Balaban J connectivity index is 2.18. The van der Waals surface area contributed by atoms with Gasteiger partial charge in [-0.3, -0.25) is 9.59 Å². The van der Waals surface area contributed by atoms with Gasteiger partial charge in [-0.2, -0.15) is 0 Å². The molecule has 0 amide bonds. The zero-order chi connectivity index (χ0) is 11.7. The molecule has 0 aromatic heterocycles. The van der Waals surface area contributed by atoms with Gasteiger partial charge in [-0.05, 0) is 25.2 Å². The van der Waals surface area contributed by atoms with Gasteiger partial charge < -0.3 is 9.47 Å². The molecular formula is C12H16O4. The third-order valence-corrected chi connectivity index (χ3v) is 3.49. The summed E-state index contributed by atoms with van der Waals surface area (Å²) in [4.78, 5) is 23.5. The van der Waals surface area contributed by atoms with Crippen LogP contribution in [0.2, 0.25) is 0 Å². The monoisotopic (exact) mass is 224 g/mol. The Labute approximate surface area is 94.6 Å². The molecule has 4 heteroatoms. The van der Waals surface area contributed by atoms with E-state index >= 15 is 0 Å². The minimum absolute atomic E-state index is 0.145. The number of hydrogen-bond acceptors (Lipinski definition) is 4. The van der Waals surface area contributed by atoms with Gasteiger partial charge in [0.05, 0.1) is 25.6 Å². The summed E-state index contributed by atoms with van der Waals surface area (Å²) in [7, 11) is 1.36. The molecule has 0 aromatic carbocycles. The summed E-state index contributed by atoms with van der Waals surface area (Å²) in [6.07, 6.45) is 4.90. The second-order valence-electron chi connectivity index (χ2n) is 4.28. The van der Waals surface area contributed by atoms with E-state index in [-0.39, 0.29) is 35.6 Å². The van der Waals surface area contributed by atoms with Crippen molar-refractivity contribution < 1.29 is 19.1 Å². The van der Waals surface area contributed by atoms with Gasteiger partial charge in [-0.25, -0.2) is 0 Å². The fraction of sp³-hybridized carbons (Fsp3) is 0.667. The van der Waals surface area contributed by atoms with Crippen LogP contribution >= 0.6 is 0 Å². The minimum Gasteiger partial charge on any atom is -0.469 e. The molecule has 2 aliphatic rings. The fourth-order valence-electron chi connectivity index (χ4n) is 2.84. The highest BCUT2D eigenvalue weighted by molar-refractivity contribution is 5.84. The lowest BCUT2D eigenvalue weighted by Crippen LogP contribution is -2.34. The third-order valence-electron chi connectivity index (χ3n) is 3.49. The van der Waals surface area contributed by atoms with Gasteiger partial charge >= 0.3 is 11.9 Å². The van der Waals surface area contributed by atoms with Crippen molar-refractivity contribution in [3.63, 3.8) is 0 Å². The molecule has 1 saturated carbocycles. The standard InChI is InChI=1S/C12H16O4/c1-3-16-12(14)10-8-5-4-7(6-8)9(10)11(13)15-2/h4-5,7-10H,3,6H2,1-2H3. The molecule has 1 fully saturated rings. The van der Waals surface area contributed by atoms with Crippen LogP contribution in [0.4, 0.5) is 0 Å². The van der Waals surface area contributed by atoms with Crippen LogP contribution in [-0.4, -0.2) is 25.7 Å². The maximum absolute atomic E-state index is 11.8. The van der Waals surface area contributed by atoms with Crippen LogP contribution in [0.3, 0.4) is 0 Å². The summed E-state index contributed by atoms with van der Waals surface area (Å²) in [5.74, 6) is -0.967. The number of carbonyl (C=O) groups excluding carboxylic acids is 2. The summed E-state index contributed by atoms with van der Waals surface area (Å²) in [6, 6.07) is 0. The van der Waals surface area contributed by atoms with Gasteiger partial charge in [0.15, 0.2) is 0 Å². The molecule has 4 nitrogen and oxygen atoms in total. The highest BCUT2D eigenvalue weighted by atomic mass is 16.5. The number of allylic oxidation sites excluding steroid dienone is 2. The summed E-state index contributed by atoms with van der Waals surface area (Å²) in [5, 5.41) is 0. The molecular weight excluding hydrogens is 208 g/mol. The van der Waals surface area contributed by atoms with E-state index in [0.717, 1.165) is 6.42 Å². The number of carbonyl (C=O) groups is 2. The molecule has 0 spiro atoms. The first-order chi connectivity index (χ1) is 7.69. The molecule has 0 heterocycles. The minimum atomic E-state index is -0.348. The van der Waals surface area contributed by atoms with E-state index in [9.17, 15) is 9.59 Å². The highest BCUT2D eigenvalue weighted by Crippen LogP contribution is 2.48. The van der Waals surface area contributed by atoms with Crippen molar-refractivity contribution >= 4 is 11.9 Å². The molecule has 4 atom stereocenters. The Hall–Kier alpha value is -1.32. The molecule has 4 unspecified atom stereocenters. The van der Waals surface area contributed by atoms with Crippen molar-refractivity contribution in [2.24, 2.45) is 23.7 Å². The van der Waals surface area contributed by atoms with Gasteiger partial charge in [0.25, 0.3) is 0 Å². The van der Waals surface area contributed by atoms with Gasteiger partial charge in [0, 0.05) is 0 Å². The summed E-state index contributed by atoms with van der Waals surface area (Å²) < 4.78 is 9.79. The smallest absolute Gasteiger partial charge is 0.310 e. The molecule has 2 bridgehead atoms. The van der Waals surface area contributed by atoms with Crippen LogP contribution in [0.5, 0.6) is 0 Å². The molecule has 0 N–H and O–H groups in total. The van der Waals surface area contributed by atoms with Gasteiger partial charge in [-0.15, -0.1) is 0 Å². The first kappa shape index (κ1) is 11.2. The average molecular weight is 224 g/mol. The van der Waals surface area contributed by atoms with E-state index in [4.69, 9.17) is 9.47 Å². The Kier molecular flexibility index (Phi) is 2.99. The van der Waals surface area contributed by atoms with Crippen LogP contribution in [-0.2, 0) is 19.1 Å². The van der Waals surface area contributed by atoms with Gasteiger partial charge in [-0.1, -0.05) is 12.2 Å². The molecule has 88 valence electrons. The number of ether oxygens (including phenoxy) is 2. The first-order valence-electron chi connectivity index (χ1n) is 5.61. The fourth-order valence-corrected chi connectivity index (χ4v) is 2.84. The average Bonchev–Trinajstić information content (AvgIpc) is 2.87. The number of hydrogen-bond donors (Lipinski definition) is 0. The molecule has 2 aliphatic carbocycles. The van der Waals surface area contributed by atoms with Crippen LogP contribution in [0, 0.1) is 23.7 Å². The van der Waals surface area contributed by atoms with E-state index in [1.807, 2.05) is 12.2 Å². The molecule has 16 heavy (non-hydrogen) atoms. The lowest BCUT2D eigenvalue weighted by atomic mass is 9.83. The summed E-state index contributed by atoms with van der Waals surface area (Å²) >= 11 is 0. The summed E-state index contributed by atoms with van der Waals surface area (Å²) in [5.41, 5.74) is 0. The predicted octanol–water partition coefficient (Wildman–Crippen LogP) is 1.16. The Bertz CT molecular complexity index is 334. The second kappa shape index (κ2) is 4.28. The van der Waals surface area contributed by atoms with Crippen molar-refractivity contribution in [1.82, 2.24) is 0 Å². The second-order valence-corrected chi connectivity index (χ2v) is 4.28. The van der Waals surface area contributed by atoms with Crippen molar-refractivity contribution in [3.8, 4) is 0 Å². The number of fused-ring (bicyclic) bond motifs is 2. The van der Waals surface area contributed by atoms with Gasteiger partial charge in [0.1, 0.15) is 0 Å². The molecule has 0 aromatic rings. The van der Waals surface area contributed by atoms with Crippen LogP contribution < -0.4 is 0 Å². The lowest BCUT2D eigenvalue weighted by Gasteiger charge is -2.23. The van der Waals surface area contributed by atoms with Crippen molar-refractivity contribution in [2.75, 3.05) is 13.7 Å². The molecule has 0 radical (unpaired) electrons. The Morgan fingerprint density at radius 2 is 1.75 bits per heavy atom. The van der Waals surface area contributed by atoms with E-state index in [1.165, 1.54) is 7.11 Å². The quantitative estimate of drug-likeness (QED) is 0.533. The zero-order valence-electron chi connectivity index (χ0n) is 9.51. The van der Waals surface area contributed by atoms with Crippen molar-refractivity contribution in [3.05, 3.63) is 12.2 Å². The largest absolute Gasteiger partial charge is 0.469 e. The molecule has 0 saturated heterocycles. The zero-order valence-corrected chi connectivity index (χ0v) is 9.51. The van der Waals surface area contributed by atoms with E-state index in [0.29, 0.717) is 6.61 Å². The number of methoxy groups -OCH3 is 1. The van der Waals surface area contributed by atoms with Crippen LogP contribution in [0.25, 0.3) is 0 Å². The normalized spacial score (nSPS) is 35.1. The maximum Gasteiger partial charge on any atom is 0.310 e. The van der Waals surface area contributed by atoms with Crippen molar-refractivity contribution in [1.29, 1.82) is 0 Å². The van der Waals surface area contributed by atoms with E-state index < -0.39 is 0 Å². The SMILES string of the molecule is CCOC(=O)C1C2C=CC(C2)C1C(=O)OC. The van der Waals surface area contributed by atoms with Crippen molar-refractivity contribution in [2.45, 2.75) is 13.3 Å². The molecule has 0 aliphatic heterocycles. The lowest BCUT2D eigenvalue weighted by molar-refractivity contribution is -0.159. The Morgan fingerprint density at radius 3 is 2.25 bits per heavy atom. The van der Waals surface area contributed by atoms with Crippen LogP contribution in [0.1, 0.15) is 13.3 Å². The number of rotatable bonds is 3. The highest BCUT2D eigenvalue weighted by Gasteiger charge is 2.52. The molecule has 2 rings (SSSR count).